The first kappa shape index (κ1) is 21.4. The molecule has 7 heteroatoms. The summed E-state index contributed by atoms with van der Waals surface area (Å²) in [7, 11) is 0. The summed E-state index contributed by atoms with van der Waals surface area (Å²) in [5, 5.41) is -0.382. The number of carbonyl (C=O) groups excluding carboxylic acids is 3. The number of aromatic nitrogens is 1. The first-order chi connectivity index (χ1) is 14.8. The smallest absolute Gasteiger partial charge is 0.294 e. The van der Waals surface area contributed by atoms with Crippen molar-refractivity contribution in [1.29, 1.82) is 0 Å². The van der Waals surface area contributed by atoms with Gasteiger partial charge in [-0.3, -0.25) is 19.3 Å². The van der Waals surface area contributed by atoms with Crippen molar-refractivity contribution >= 4 is 34.9 Å². The lowest BCUT2D eigenvalue weighted by Crippen LogP contribution is -2.40. The minimum Gasteiger partial charge on any atom is -0.341 e. The van der Waals surface area contributed by atoms with Crippen LogP contribution >= 0.6 is 11.8 Å². The van der Waals surface area contributed by atoms with Crippen LogP contribution in [0.25, 0.3) is 11.8 Å². The Morgan fingerprint density at radius 3 is 2.52 bits per heavy atom. The molecule has 3 heterocycles. The zero-order valence-electron chi connectivity index (χ0n) is 18.4. The molecule has 2 fully saturated rings. The fourth-order valence-corrected chi connectivity index (χ4v) is 5.09. The normalized spacial score (nSPS) is 18.0. The number of hydrogen-bond acceptors (Lipinski definition) is 4. The number of amides is 3. The van der Waals surface area contributed by atoms with Crippen LogP contribution in [0.4, 0.5) is 4.79 Å². The maximum absolute atomic E-state index is 12.9. The van der Waals surface area contributed by atoms with E-state index in [4.69, 9.17) is 0 Å². The molecule has 0 aliphatic carbocycles. The highest BCUT2D eigenvalue weighted by Crippen LogP contribution is 2.34. The first-order valence-corrected chi connectivity index (χ1v) is 11.4. The zero-order valence-corrected chi connectivity index (χ0v) is 19.2. The summed E-state index contributed by atoms with van der Waals surface area (Å²) in [5.74, 6) is -0.548. The third kappa shape index (κ3) is 3.94. The molecular formula is C24H27N3O3S. The molecule has 0 radical (unpaired) electrons. The standard InChI is InChI=1S/C24H27N3O3S/c1-15-8-7-9-20(17(15)3)27-16(2)12-19(18(27)4)13-21-23(29)26(24(30)31-21)14-22(28)25-10-5-6-11-25/h7-9,12-13H,5-6,10-11,14H2,1-4H3/b21-13-. The van der Waals surface area contributed by atoms with Gasteiger partial charge in [0.15, 0.2) is 0 Å². The molecule has 0 unspecified atom stereocenters. The molecule has 31 heavy (non-hydrogen) atoms. The van der Waals surface area contributed by atoms with Crippen molar-refractivity contribution in [3.8, 4) is 5.69 Å². The molecule has 2 saturated heterocycles. The summed E-state index contributed by atoms with van der Waals surface area (Å²) < 4.78 is 2.18. The molecule has 2 aliphatic heterocycles. The molecule has 6 nitrogen and oxygen atoms in total. The van der Waals surface area contributed by atoms with Crippen LogP contribution in [-0.2, 0) is 9.59 Å². The van der Waals surface area contributed by atoms with Crippen molar-refractivity contribution in [3.63, 3.8) is 0 Å². The monoisotopic (exact) mass is 437 g/mol. The Morgan fingerprint density at radius 1 is 1.10 bits per heavy atom. The molecule has 2 aliphatic rings. The van der Waals surface area contributed by atoms with Gasteiger partial charge in [0.2, 0.25) is 5.91 Å². The largest absolute Gasteiger partial charge is 0.341 e. The van der Waals surface area contributed by atoms with E-state index in [0.717, 1.165) is 52.1 Å². The minimum atomic E-state index is -0.390. The SMILES string of the molecule is Cc1cccc(-n2c(C)cc(/C=C3\SC(=O)N(CC(=O)N4CCCC4)C3=O)c2C)c1C. The van der Waals surface area contributed by atoms with Gasteiger partial charge >= 0.3 is 0 Å². The average molecular weight is 438 g/mol. The van der Waals surface area contributed by atoms with Gasteiger partial charge in [0, 0.05) is 30.2 Å². The Labute approximate surface area is 186 Å². The molecule has 2 aromatic rings. The van der Waals surface area contributed by atoms with Crippen molar-refractivity contribution in [2.45, 2.75) is 40.5 Å². The van der Waals surface area contributed by atoms with Gasteiger partial charge in [-0.1, -0.05) is 12.1 Å². The predicted molar refractivity (Wildman–Crippen MR) is 123 cm³/mol. The Balaban J connectivity index is 1.60. The number of hydrogen-bond donors (Lipinski definition) is 0. The van der Waals surface area contributed by atoms with Crippen LogP contribution in [0.5, 0.6) is 0 Å². The van der Waals surface area contributed by atoms with Crippen molar-refractivity contribution in [2.75, 3.05) is 19.6 Å². The Kier molecular flexibility index (Phi) is 5.79. The Morgan fingerprint density at radius 2 is 1.81 bits per heavy atom. The third-order valence-electron chi connectivity index (χ3n) is 6.20. The number of carbonyl (C=O) groups is 3. The molecule has 1 aromatic carbocycles. The van der Waals surface area contributed by atoms with E-state index in [1.165, 1.54) is 11.1 Å². The van der Waals surface area contributed by atoms with E-state index in [1.54, 1.807) is 11.0 Å². The minimum absolute atomic E-state index is 0.158. The van der Waals surface area contributed by atoms with E-state index in [9.17, 15) is 14.4 Å². The van der Waals surface area contributed by atoms with Gasteiger partial charge in [-0.25, -0.2) is 0 Å². The van der Waals surface area contributed by atoms with E-state index >= 15 is 0 Å². The van der Waals surface area contributed by atoms with E-state index in [1.807, 2.05) is 26.0 Å². The lowest BCUT2D eigenvalue weighted by atomic mass is 10.1. The lowest BCUT2D eigenvalue weighted by Gasteiger charge is -2.18. The number of nitrogens with zero attached hydrogens (tertiary/aromatic N) is 3. The Bertz CT molecular complexity index is 1110. The van der Waals surface area contributed by atoms with Gasteiger partial charge in [-0.2, -0.15) is 0 Å². The first-order valence-electron chi connectivity index (χ1n) is 10.6. The van der Waals surface area contributed by atoms with E-state index in [-0.39, 0.29) is 23.6 Å². The number of likely N-dealkylation sites (tertiary alicyclic amines) is 1. The summed E-state index contributed by atoms with van der Waals surface area (Å²) in [4.78, 5) is 40.9. The molecule has 162 valence electrons. The van der Waals surface area contributed by atoms with Gasteiger partial charge in [0.05, 0.1) is 4.91 Å². The molecule has 0 N–H and O–H groups in total. The number of rotatable bonds is 4. The molecule has 0 saturated carbocycles. The van der Waals surface area contributed by atoms with Gasteiger partial charge < -0.3 is 9.47 Å². The second-order valence-electron chi connectivity index (χ2n) is 8.24. The maximum atomic E-state index is 12.9. The second kappa shape index (κ2) is 8.38. The summed E-state index contributed by atoms with van der Waals surface area (Å²) >= 11 is 0.905. The fourth-order valence-electron chi connectivity index (χ4n) is 4.26. The molecule has 4 rings (SSSR count). The highest BCUT2D eigenvalue weighted by atomic mass is 32.2. The van der Waals surface area contributed by atoms with Crippen LogP contribution < -0.4 is 0 Å². The molecular weight excluding hydrogens is 410 g/mol. The van der Waals surface area contributed by atoms with Gasteiger partial charge in [-0.05, 0) is 87.2 Å². The molecule has 1 aromatic heterocycles. The summed E-state index contributed by atoms with van der Waals surface area (Å²) in [5.41, 5.74) is 6.49. The van der Waals surface area contributed by atoms with Crippen LogP contribution in [-0.4, -0.2) is 51.1 Å². The highest BCUT2D eigenvalue weighted by Gasteiger charge is 2.37. The van der Waals surface area contributed by atoms with Gasteiger partial charge in [0.1, 0.15) is 6.54 Å². The van der Waals surface area contributed by atoms with Crippen LogP contribution in [0.3, 0.4) is 0 Å². The topological polar surface area (TPSA) is 62.6 Å². The number of imide groups is 1. The number of thioether (sulfide) groups is 1. The Hall–Kier alpha value is -2.80. The van der Waals surface area contributed by atoms with Crippen LogP contribution in [0.2, 0.25) is 0 Å². The van der Waals surface area contributed by atoms with Crippen LogP contribution in [0.1, 0.15) is 40.9 Å². The predicted octanol–water partition coefficient (Wildman–Crippen LogP) is 4.37. The van der Waals surface area contributed by atoms with E-state index in [2.05, 4.69) is 30.5 Å². The quantitative estimate of drug-likeness (QED) is 0.667. The van der Waals surface area contributed by atoms with Gasteiger partial charge in [-0.15, -0.1) is 0 Å². The maximum Gasteiger partial charge on any atom is 0.294 e. The zero-order chi connectivity index (χ0) is 22.3. The molecule has 0 bridgehead atoms. The van der Waals surface area contributed by atoms with Crippen LogP contribution in [0.15, 0.2) is 29.2 Å². The van der Waals surface area contributed by atoms with E-state index < -0.39 is 0 Å². The van der Waals surface area contributed by atoms with Crippen molar-refractivity contribution < 1.29 is 14.4 Å². The fraction of sp³-hybridized carbons (Fsp3) is 0.375. The molecule has 0 atom stereocenters. The lowest BCUT2D eigenvalue weighted by molar-refractivity contribution is -0.135. The van der Waals surface area contributed by atoms with Crippen molar-refractivity contribution in [3.05, 3.63) is 57.2 Å². The average Bonchev–Trinajstić information content (AvgIpc) is 3.42. The second-order valence-corrected chi connectivity index (χ2v) is 9.23. The van der Waals surface area contributed by atoms with Crippen molar-refractivity contribution in [1.82, 2.24) is 14.4 Å². The van der Waals surface area contributed by atoms with Crippen LogP contribution in [0, 0.1) is 27.7 Å². The third-order valence-corrected chi connectivity index (χ3v) is 7.11. The molecule has 3 amide bonds. The summed E-state index contributed by atoms with van der Waals surface area (Å²) in [6.07, 6.45) is 3.72. The van der Waals surface area contributed by atoms with Crippen molar-refractivity contribution in [2.24, 2.45) is 0 Å². The molecule has 0 spiro atoms. The number of aryl methyl sites for hydroxylation is 2. The highest BCUT2D eigenvalue weighted by molar-refractivity contribution is 8.18. The van der Waals surface area contributed by atoms with E-state index in [0.29, 0.717) is 18.0 Å². The summed E-state index contributed by atoms with van der Waals surface area (Å²) in [6, 6.07) is 8.25. The summed E-state index contributed by atoms with van der Waals surface area (Å²) in [6.45, 7) is 9.47. The number of benzene rings is 1. The van der Waals surface area contributed by atoms with Gasteiger partial charge in [0.25, 0.3) is 11.1 Å².